The lowest BCUT2D eigenvalue weighted by Gasteiger charge is -2.11. The normalized spacial score (nSPS) is 11.6. The van der Waals surface area contributed by atoms with Crippen molar-refractivity contribution in [2.75, 3.05) is 7.11 Å². The minimum absolute atomic E-state index is 0.0364. The number of hydrogen-bond acceptors (Lipinski definition) is 6. The second-order valence-corrected chi connectivity index (χ2v) is 7.17. The summed E-state index contributed by atoms with van der Waals surface area (Å²) in [4.78, 5) is 20.6. The summed E-state index contributed by atoms with van der Waals surface area (Å²) < 4.78 is 64.2. The third kappa shape index (κ3) is 4.42. The molecule has 0 saturated heterocycles. The van der Waals surface area contributed by atoms with E-state index in [1.165, 1.54) is 43.5 Å². The maximum atomic E-state index is 13.8. The highest BCUT2D eigenvalue weighted by atomic mass is 19.4. The van der Waals surface area contributed by atoms with Gasteiger partial charge in [-0.25, -0.2) is 14.4 Å². The van der Waals surface area contributed by atoms with Crippen LogP contribution in [0, 0.1) is 5.82 Å². The largest absolute Gasteiger partial charge is 0.494 e. The molecule has 0 unspecified atom stereocenters. The van der Waals surface area contributed by atoms with Crippen molar-refractivity contribution in [2.24, 2.45) is 5.73 Å². The highest BCUT2D eigenvalue weighted by molar-refractivity contribution is 5.98. The first-order chi connectivity index (χ1) is 16.2. The second-order valence-electron chi connectivity index (χ2n) is 7.17. The van der Waals surface area contributed by atoms with Gasteiger partial charge in [-0.3, -0.25) is 4.79 Å². The zero-order valence-corrected chi connectivity index (χ0v) is 17.7. The van der Waals surface area contributed by atoms with Gasteiger partial charge in [0.25, 0.3) is 5.91 Å². The van der Waals surface area contributed by atoms with Crippen molar-refractivity contribution in [3.63, 3.8) is 0 Å². The van der Waals surface area contributed by atoms with Gasteiger partial charge >= 0.3 is 6.18 Å². The number of halogens is 4. The fourth-order valence-electron chi connectivity index (χ4n) is 3.38. The molecular formula is C23H18F4N4O3. The number of oxazole rings is 1. The number of rotatable bonds is 6. The molecule has 34 heavy (non-hydrogen) atoms. The summed E-state index contributed by atoms with van der Waals surface area (Å²) in [5.74, 6) is -0.971. The fraction of sp³-hybridized carbons (Fsp3) is 0.174. The van der Waals surface area contributed by atoms with Gasteiger partial charge in [0, 0.05) is 23.1 Å². The van der Waals surface area contributed by atoms with Gasteiger partial charge < -0.3 is 20.2 Å². The van der Waals surface area contributed by atoms with Gasteiger partial charge in [0.2, 0.25) is 5.89 Å². The van der Waals surface area contributed by atoms with Crippen LogP contribution >= 0.6 is 0 Å². The number of amides is 1. The van der Waals surface area contributed by atoms with E-state index in [1.807, 2.05) is 0 Å². The van der Waals surface area contributed by atoms with E-state index in [4.69, 9.17) is 14.9 Å². The van der Waals surface area contributed by atoms with Crippen molar-refractivity contribution in [1.29, 1.82) is 0 Å². The molecule has 0 aliphatic rings. The molecule has 0 radical (unpaired) electrons. The summed E-state index contributed by atoms with van der Waals surface area (Å²) in [6, 6.07) is 11.0. The molecule has 0 aliphatic carbocycles. The van der Waals surface area contributed by atoms with Crippen molar-refractivity contribution in [3.8, 4) is 17.2 Å². The topological polar surface area (TPSA) is 103 Å². The van der Waals surface area contributed by atoms with E-state index >= 15 is 0 Å². The number of nitrogens with two attached hydrogens (primary N) is 1. The lowest BCUT2D eigenvalue weighted by atomic mass is 10.1. The van der Waals surface area contributed by atoms with Crippen LogP contribution in [0.25, 0.3) is 22.4 Å². The molecule has 11 heteroatoms. The number of benzene rings is 2. The fourth-order valence-corrected chi connectivity index (χ4v) is 3.38. The average Bonchev–Trinajstić information content (AvgIpc) is 3.26. The number of carbonyl (C=O) groups excluding carboxylic acids is 1. The lowest BCUT2D eigenvalue weighted by molar-refractivity contribution is -0.140. The quantitative estimate of drug-likeness (QED) is 0.401. The Morgan fingerprint density at radius 3 is 2.56 bits per heavy atom. The molecule has 3 N–H and O–H groups in total. The summed E-state index contributed by atoms with van der Waals surface area (Å²) in [5, 5.41) is 2.83. The van der Waals surface area contributed by atoms with Crippen LogP contribution in [0.2, 0.25) is 0 Å². The number of pyridine rings is 1. The number of carbonyl (C=O) groups is 1. The molecule has 0 fully saturated rings. The van der Waals surface area contributed by atoms with E-state index in [1.54, 1.807) is 6.07 Å². The number of methoxy groups -OCH3 is 1. The maximum Gasteiger partial charge on any atom is 0.433 e. The average molecular weight is 474 g/mol. The SMILES string of the molecule is COc1ccc(-c2nc(C(=O)NCc3ccccc3F)c(CN)o2)c2ccc(C(F)(F)F)nc12. The molecule has 2 aromatic carbocycles. The molecule has 2 aromatic heterocycles. The van der Waals surface area contributed by atoms with Crippen molar-refractivity contribution < 1.29 is 31.5 Å². The Kier molecular flexibility index (Phi) is 6.20. The molecule has 0 aliphatic heterocycles. The van der Waals surface area contributed by atoms with Crippen LogP contribution in [-0.4, -0.2) is 23.0 Å². The second kappa shape index (κ2) is 9.10. The smallest absolute Gasteiger partial charge is 0.433 e. The predicted molar refractivity (Wildman–Crippen MR) is 114 cm³/mol. The Morgan fingerprint density at radius 1 is 1.12 bits per heavy atom. The summed E-state index contributed by atoms with van der Waals surface area (Å²) in [5.41, 5.74) is 5.03. The summed E-state index contributed by atoms with van der Waals surface area (Å²) >= 11 is 0. The lowest BCUT2D eigenvalue weighted by Crippen LogP contribution is -2.25. The molecule has 2 heterocycles. The number of hydrogen-bond donors (Lipinski definition) is 2. The van der Waals surface area contributed by atoms with E-state index in [0.717, 1.165) is 6.07 Å². The zero-order chi connectivity index (χ0) is 24.5. The number of nitrogens with zero attached hydrogens (tertiary/aromatic N) is 2. The van der Waals surface area contributed by atoms with Gasteiger partial charge in [0.15, 0.2) is 11.5 Å². The van der Waals surface area contributed by atoms with Crippen LogP contribution in [0.15, 0.2) is 52.9 Å². The van der Waals surface area contributed by atoms with Gasteiger partial charge in [-0.1, -0.05) is 18.2 Å². The number of fused-ring (bicyclic) bond motifs is 1. The standard InChI is InChI=1S/C23H18F4N4O3/c1-33-16-8-6-14(13-7-9-18(23(25,26)27)30-19(13)16)22-31-20(17(10-28)34-22)21(32)29-11-12-4-2-3-5-15(12)24/h2-9H,10-11,28H2,1H3,(H,29,32). The Hall–Kier alpha value is -3.99. The first-order valence-electron chi connectivity index (χ1n) is 9.99. The Labute approximate surface area is 190 Å². The van der Waals surface area contributed by atoms with Gasteiger partial charge in [-0.2, -0.15) is 13.2 Å². The highest BCUT2D eigenvalue weighted by Gasteiger charge is 2.33. The Morgan fingerprint density at radius 2 is 1.88 bits per heavy atom. The predicted octanol–water partition coefficient (Wildman–Crippen LogP) is 4.45. The Balaban J connectivity index is 1.72. The molecular weight excluding hydrogens is 456 g/mol. The van der Waals surface area contributed by atoms with E-state index in [2.05, 4.69) is 15.3 Å². The molecule has 0 bridgehead atoms. The number of aromatic nitrogens is 2. The molecule has 0 saturated carbocycles. The number of ether oxygens (including phenoxy) is 1. The van der Waals surface area contributed by atoms with E-state index in [-0.39, 0.29) is 52.7 Å². The highest BCUT2D eigenvalue weighted by Crippen LogP contribution is 2.36. The third-order valence-corrected chi connectivity index (χ3v) is 5.06. The van der Waals surface area contributed by atoms with Crippen LogP contribution < -0.4 is 15.8 Å². The molecule has 1 amide bonds. The van der Waals surface area contributed by atoms with Gasteiger partial charge in [-0.15, -0.1) is 0 Å². The summed E-state index contributed by atoms with van der Waals surface area (Å²) in [6.45, 7) is -0.257. The van der Waals surface area contributed by atoms with Gasteiger partial charge in [0.05, 0.1) is 13.7 Å². The third-order valence-electron chi connectivity index (χ3n) is 5.06. The molecule has 0 atom stereocenters. The first-order valence-corrected chi connectivity index (χ1v) is 9.99. The van der Waals surface area contributed by atoms with Crippen molar-refractivity contribution >= 4 is 16.8 Å². The van der Waals surface area contributed by atoms with Crippen LogP contribution in [0.4, 0.5) is 17.6 Å². The molecule has 4 aromatic rings. The van der Waals surface area contributed by atoms with Gasteiger partial charge in [0.1, 0.15) is 22.8 Å². The molecule has 176 valence electrons. The van der Waals surface area contributed by atoms with Gasteiger partial charge in [-0.05, 0) is 30.3 Å². The first kappa shape index (κ1) is 23.2. The monoisotopic (exact) mass is 474 g/mol. The number of alkyl halides is 3. The Bertz CT molecular complexity index is 1370. The van der Waals surface area contributed by atoms with Crippen molar-refractivity contribution in [3.05, 3.63) is 77.1 Å². The minimum atomic E-state index is -4.64. The maximum absolute atomic E-state index is 13.8. The minimum Gasteiger partial charge on any atom is -0.494 e. The van der Waals surface area contributed by atoms with Crippen LogP contribution in [0.1, 0.15) is 27.5 Å². The summed E-state index contributed by atoms with van der Waals surface area (Å²) in [6.07, 6.45) is -4.64. The molecule has 7 nitrogen and oxygen atoms in total. The van der Waals surface area contributed by atoms with E-state index in [0.29, 0.717) is 5.56 Å². The van der Waals surface area contributed by atoms with Crippen LogP contribution in [0.5, 0.6) is 5.75 Å². The molecule has 4 rings (SSSR count). The van der Waals surface area contributed by atoms with E-state index in [9.17, 15) is 22.4 Å². The van der Waals surface area contributed by atoms with Crippen LogP contribution in [0.3, 0.4) is 0 Å². The van der Waals surface area contributed by atoms with Crippen molar-refractivity contribution in [1.82, 2.24) is 15.3 Å². The van der Waals surface area contributed by atoms with E-state index < -0.39 is 23.6 Å². The summed E-state index contributed by atoms with van der Waals surface area (Å²) in [7, 11) is 1.31. The van der Waals surface area contributed by atoms with Crippen molar-refractivity contribution in [2.45, 2.75) is 19.3 Å². The van der Waals surface area contributed by atoms with Crippen LogP contribution in [-0.2, 0) is 19.3 Å². The number of nitrogens with one attached hydrogen (secondary N) is 1. The molecule has 0 spiro atoms. The zero-order valence-electron chi connectivity index (χ0n) is 17.7.